The van der Waals surface area contributed by atoms with E-state index in [-0.39, 0.29) is 0 Å². The Morgan fingerprint density at radius 2 is 0.154 bits per heavy atom. The van der Waals surface area contributed by atoms with Gasteiger partial charge in [0.2, 0.25) is 0 Å². The summed E-state index contributed by atoms with van der Waals surface area (Å²) in [7, 11) is 0. The summed E-state index contributed by atoms with van der Waals surface area (Å²) >= 11 is 0. The van der Waals surface area contributed by atoms with Crippen molar-refractivity contribution in [3.63, 3.8) is 0 Å². The van der Waals surface area contributed by atoms with Crippen molar-refractivity contribution in [2.24, 2.45) is 43.3 Å². The highest BCUT2D eigenvalue weighted by atomic mass is 16.6. The van der Waals surface area contributed by atoms with E-state index in [0.717, 1.165) is 117 Å². The zero-order valence-electron chi connectivity index (χ0n) is 64.6. The van der Waals surface area contributed by atoms with Gasteiger partial charge in [-0.1, -0.05) is 166 Å². The molecule has 0 aromatic carbocycles. The fourth-order valence-corrected chi connectivity index (χ4v) is 6.29. The number of ether oxygens (including phenoxy) is 17. The second-order valence-corrected chi connectivity index (χ2v) is 32.9. The number of hydrogen-bond acceptors (Lipinski definition) is 17. The molecule has 17 nitrogen and oxygen atoms in total. The molecule has 0 aliphatic rings. The van der Waals surface area contributed by atoms with E-state index in [9.17, 15) is 0 Å². The first-order valence-corrected chi connectivity index (χ1v) is 35.1. The van der Waals surface area contributed by atoms with Crippen LogP contribution in [-0.4, -0.2) is 225 Å². The first-order chi connectivity index (χ1) is 42.3. The third-order valence-corrected chi connectivity index (χ3v) is 12.8. The van der Waals surface area contributed by atoms with E-state index in [2.05, 4.69) is 166 Å². The Bertz CT molecular complexity index is 1320. The smallest absolute Gasteiger partial charge is 0.0701 e. The molecule has 0 saturated carbocycles. The van der Waals surface area contributed by atoms with Crippen LogP contribution in [0.3, 0.4) is 0 Å². The van der Waals surface area contributed by atoms with Crippen LogP contribution in [0.25, 0.3) is 0 Å². The molecule has 0 radical (unpaired) electrons. The summed E-state index contributed by atoms with van der Waals surface area (Å²) < 4.78 is 93.4. The van der Waals surface area contributed by atoms with Crippen LogP contribution in [0.5, 0.6) is 0 Å². The summed E-state index contributed by atoms with van der Waals surface area (Å²) in [6.45, 7) is 75.8. The Morgan fingerprint density at radius 1 is 0.0989 bits per heavy atom. The van der Waals surface area contributed by atoms with Crippen molar-refractivity contribution in [2.45, 2.75) is 218 Å². The van der Waals surface area contributed by atoms with E-state index in [4.69, 9.17) is 80.5 Å². The Kier molecular flexibility index (Phi) is 65.5. The molecule has 91 heavy (non-hydrogen) atoms. The van der Waals surface area contributed by atoms with Crippen molar-refractivity contribution in [3.05, 3.63) is 0 Å². The lowest BCUT2D eigenvalue weighted by atomic mass is 9.93. The number of rotatable bonds is 55. The molecular formula is C74H156O17. The van der Waals surface area contributed by atoms with E-state index in [1.807, 2.05) is 0 Å². The van der Waals surface area contributed by atoms with Crippen LogP contribution in [-0.2, 0) is 80.5 Å². The summed E-state index contributed by atoms with van der Waals surface area (Å²) in [5.74, 6) is 0. The molecule has 0 atom stereocenters. The van der Waals surface area contributed by atoms with Gasteiger partial charge in [0.25, 0.3) is 0 Å². The van der Waals surface area contributed by atoms with E-state index >= 15 is 0 Å². The molecule has 0 fully saturated rings. The molecule has 0 saturated heterocycles. The molecular weight excluding hydrogens is 1160 g/mol. The topological polar surface area (TPSA) is 157 Å². The highest BCUT2D eigenvalue weighted by Gasteiger charge is 2.15. The van der Waals surface area contributed by atoms with Gasteiger partial charge in [-0.05, 0) is 94.7 Å². The van der Waals surface area contributed by atoms with Gasteiger partial charge in [-0.2, -0.15) is 0 Å². The monoisotopic (exact) mass is 1320 g/mol. The maximum Gasteiger partial charge on any atom is 0.0701 e. The molecule has 0 unspecified atom stereocenters. The Labute approximate surface area is 563 Å². The SMILES string of the molecule is CC(C)(C)CCOCCOCCC(C)(C)C.CC(C)(C)CCOCCOCCOCCC(C)(C)C.CC(C)(C)CCOCCOCCOCCOCCC(C)(C)C.CC(C)(C)CCOCCOCCOCCOCCOCCOCCOCCOCCC(C)(C)C. The molecule has 0 heterocycles. The second kappa shape index (κ2) is 61.6. The van der Waals surface area contributed by atoms with E-state index in [1.54, 1.807) is 0 Å². The zero-order valence-corrected chi connectivity index (χ0v) is 64.6. The molecule has 0 aromatic rings. The maximum atomic E-state index is 5.55. The summed E-state index contributed by atoms with van der Waals surface area (Å²) in [5, 5.41) is 0. The van der Waals surface area contributed by atoms with Crippen molar-refractivity contribution >= 4 is 0 Å². The standard InChI is InChI=1S/C26H54O8.C18H38O4.C16H34O3.C14H30O2/c1-25(2,3)7-9-27-11-13-29-15-17-31-19-21-33-23-24-34-22-20-32-18-16-30-14-12-28-10-8-26(4,5)6;1-17(2,3)7-9-19-11-13-21-15-16-22-14-12-20-10-8-18(4,5)6;1-15(2,3)7-9-17-11-13-19-14-12-18-10-8-16(4,5)6;1-13(2,3)7-9-15-11-12-16-10-8-14(4,5)6/h7-24H2,1-6H3;7-16H2,1-6H3;7-14H2,1-6H3;7-12H2,1-6H3. The lowest BCUT2D eigenvalue weighted by Crippen LogP contribution is -2.15. The highest BCUT2D eigenvalue weighted by molar-refractivity contribution is 4.65. The van der Waals surface area contributed by atoms with Crippen LogP contribution in [0.2, 0.25) is 0 Å². The van der Waals surface area contributed by atoms with Crippen LogP contribution in [0.1, 0.15) is 218 Å². The predicted molar refractivity (Wildman–Crippen MR) is 376 cm³/mol. The Balaban J connectivity index is -0.000000580. The molecule has 0 aromatic heterocycles. The zero-order chi connectivity index (χ0) is 69.7. The summed E-state index contributed by atoms with van der Waals surface area (Å²) in [6, 6.07) is 0. The molecule has 0 rings (SSSR count). The molecule has 17 heteroatoms. The van der Waals surface area contributed by atoms with Crippen molar-refractivity contribution in [3.8, 4) is 0 Å². The van der Waals surface area contributed by atoms with Gasteiger partial charge < -0.3 is 80.5 Å². The minimum absolute atomic E-state index is 0.314. The van der Waals surface area contributed by atoms with Gasteiger partial charge in [-0.25, -0.2) is 0 Å². The first-order valence-electron chi connectivity index (χ1n) is 35.1. The van der Waals surface area contributed by atoms with Crippen LogP contribution in [0, 0.1) is 43.3 Å². The molecule has 0 aliphatic heterocycles. The van der Waals surface area contributed by atoms with Gasteiger partial charge in [0.1, 0.15) is 0 Å². The third kappa shape index (κ3) is 111. The molecule has 0 N–H and O–H groups in total. The van der Waals surface area contributed by atoms with Gasteiger partial charge >= 0.3 is 0 Å². The Morgan fingerprint density at radius 3 is 0.209 bits per heavy atom. The quantitative estimate of drug-likeness (QED) is 0.0529. The predicted octanol–water partition coefficient (Wildman–Crippen LogP) is 15.7. The van der Waals surface area contributed by atoms with E-state index in [1.165, 1.54) is 0 Å². The van der Waals surface area contributed by atoms with Crippen molar-refractivity contribution in [1.29, 1.82) is 0 Å². The van der Waals surface area contributed by atoms with E-state index in [0.29, 0.717) is 202 Å². The van der Waals surface area contributed by atoms with Crippen molar-refractivity contribution < 1.29 is 80.5 Å². The maximum absolute atomic E-state index is 5.55. The van der Waals surface area contributed by atoms with Crippen LogP contribution < -0.4 is 0 Å². The first kappa shape index (κ1) is 96.7. The average Bonchev–Trinajstić information content (AvgIpc) is 3.63. The van der Waals surface area contributed by atoms with Gasteiger partial charge in [-0.3, -0.25) is 0 Å². The molecule has 0 aliphatic carbocycles. The number of hydrogen-bond donors (Lipinski definition) is 0. The van der Waals surface area contributed by atoms with Crippen LogP contribution in [0.4, 0.5) is 0 Å². The normalized spacial score (nSPS) is 12.8. The third-order valence-electron chi connectivity index (χ3n) is 12.8. The minimum Gasteiger partial charge on any atom is -0.379 e. The Hall–Kier alpha value is -0.680. The van der Waals surface area contributed by atoms with Gasteiger partial charge in [0, 0.05) is 52.9 Å². The molecule has 0 amide bonds. The summed E-state index contributed by atoms with van der Waals surface area (Å²) in [5.41, 5.74) is 2.74. The van der Waals surface area contributed by atoms with Gasteiger partial charge in [0.05, 0.1) is 172 Å². The van der Waals surface area contributed by atoms with Crippen LogP contribution in [0.15, 0.2) is 0 Å². The van der Waals surface area contributed by atoms with E-state index < -0.39 is 0 Å². The van der Waals surface area contributed by atoms with Crippen LogP contribution >= 0.6 is 0 Å². The molecule has 0 spiro atoms. The fourth-order valence-electron chi connectivity index (χ4n) is 6.29. The van der Waals surface area contributed by atoms with Gasteiger partial charge in [0.15, 0.2) is 0 Å². The lowest BCUT2D eigenvalue weighted by Gasteiger charge is -2.18. The van der Waals surface area contributed by atoms with Crippen molar-refractivity contribution in [1.82, 2.24) is 0 Å². The molecule has 554 valence electrons. The fraction of sp³-hybridized carbons (Fsp3) is 1.00. The van der Waals surface area contributed by atoms with Gasteiger partial charge in [-0.15, -0.1) is 0 Å². The molecule has 0 bridgehead atoms. The highest BCUT2D eigenvalue weighted by Crippen LogP contribution is 2.22. The van der Waals surface area contributed by atoms with Crippen molar-refractivity contribution in [2.75, 3.05) is 225 Å². The average molecular weight is 1320 g/mol. The second-order valence-electron chi connectivity index (χ2n) is 32.9. The summed E-state index contributed by atoms with van der Waals surface area (Å²) in [6.07, 6.45) is 8.64. The minimum atomic E-state index is 0.314. The summed E-state index contributed by atoms with van der Waals surface area (Å²) in [4.78, 5) is 0. The largest absolute Gasteiger partial charge is 0.379 e. The lowest BCUT2D eigenvalue weighted by molar-refractivity contribution is -0.0239.